The highest BCUT2D eigenvalue weighted by atomic mass is 14.9. The molecule has 0 bridgehead atoms. The van der Waals surface area contributed by atoms with Crippen LogP contribution in [0.4, 0.5) is 0 Å². The van der Waals surface area contributed by atoms with E-state index in [0.717, 1.165) is 6.54 Å². The summed E-state index contributed by atoms with van der Waals surface area (Å²) >= 11 is 0. The van der Waals surface area contributed by atoms with Crippen LogP contribution in [-0.4, -0.2) is 4.57 Å². The van der Waals surface area contributed by atoms with Crippen molar-refractivity contribution in [3.8, 4) is 0 Å². The minimum absolute atomic E-state index is 0.233. The van der Waals surface area contributed by atoms with E-state index in [4.69, 9.17) is 5.73 Å². The van der Waals surface area contributed by atoms with Crippen LogP contribution in [0.25, 0.3) is 0 Å². The minimum Gasteiger partial charge on any atom is -0.350 e. The van der Waals surface area contributed by atoms with Gasteiger partial charge in [-0.05, 0) is 67.9 Å². The third-order valence-electron chi connectivity index (χ3n) is 4.47. The topological polar surface area (TPSA) is 30.9 Å². The number of nitrogens with zero attached hydrogens (tertiary/aromatic N) is 1. The maximum Gasteiger partial charge on any atom is 0.0475 e. The summed E-state index contributed by atoms with van der Waals surface area (Å²) in [6.45, 7) is 7.51. The van der Waals surface area contributed by atoms with Gasteiger partial charge < -0.3 is 10.3 Å². The SMILES string of the molecule is Cc1cc(C)c(Cn2ccc(C(N)C3CC3)c2)c(C)c1. The first-order chi connectivity index (χ1) is 9.54. The lowest BCUT2D eigenvalue weighted by molar-refractivity contribution is 0.630. The Balaban J connectivity index is 1.81. The maximum atomic E-state index is 6.27. The molecule has 1 saturated carbocycles. The first kappa shape index (κ1) is 13.4. The monoisotopic (exact) mass is 268 g/mol. The summed E-state index contributed by atoms with van der Waals surface area (Å²) in [6.07, 6.45) is 6.98. The third-order valence-corrected chi connectivity index (χ3v) is 4.47. The van der Waals surface area contributed by atoms with Crippen LogP contribution in [0.3, 0.4) is 0 Å². The zero-order valence-corrected chi connectivity index (χ0v) is 12.7. The van der Waals surface area contributed by atoms with Gasteiger partial charge in [-0.15, -0.1) is 0 Å². The second-order valence-electron chi connectivity index (χ2n) is 6.36. The van der Waals surface area contributed by atoms with Crippen molar-refractivity contribution in [2.45, 2.75) is 46.2 Å². The molecule has 2 nitrogen and oxygen atoms in total. The third kappa shape index (κ3) is 2.66. The first-order valence-corrected chi connectivity index (χ1v) is 7.52. The zero-order chi connectivity index (χ0) is 14.3. The molecule has 0 amide bonds. The minimum atomic E-state index is 0.233. The molecule has 1 fully saturated rings. The molecule has 1 heterocycles. The number of benzene rings is 1. The van der Waals surface area contributed by atoms with Crippen molar-refractivity contribution in [2.24, 2.45) is 11.7 Å². The lowest BCUT2D eigenvalue weighted by Gasteiger charge is -2.12. The number of aryl methyl sites for hydroxylation is 3. The largest absolute Gasteiger partial charge is 0.350 e. The highest BCUT2D eigenvalue weighted by Gasteiger charge is 2.29. The number of nitrogens with two attached hydrogens (primary N) is 1. The van der Waals surface area contributed by atoms with Crippen molar-refractivity contribution in [3.05, 3.63) is 58.4 Å². The summed E-state index contributed by atoms with van der Waals surface area (Å²) < 4.78 is 2.27. The predicted molar refractivity (Wildman–Crippen MR) is 83.8 cm³/mol. The van der Waals surface area contributed by atoms with Crippen LogP contribution in [0, 0.1) is 26.7 Å². The molecule has 2 heteroatoms. The van der Waals surface area contributed by atoms with E-state index in [2.05, 4.69) is 55.9 Å². The Bertz CT molecular complexity index is 597. The molecular weight excluding hydrogens is 244 g/mol. The molecule has 1 aromatic carbocycles. The molecule has 2 aromatic rings. The van der Waals surface area contributed by atoms with Gasteiger partial charge in [-0.25, -0.2) is 0 Å². The number of aromatic nitrogens is 1. The van der Waals surface area contributed by atoms with Gasteiger partial charge in [-0.1, -0.05) is 17.7 Å². The van der Waals surface area contributed by atoms with E-state index in [0.29, 0.717) is 5.92 Å². The van der Waals surface area contributed by atoms with E-state index < -0.39 is 0 Å². The Hall–Kier alpha value is -1.54. The van der Waals surface area contributed by atoms with Gasteiger partial charge in [0.05, 0.1) is 0 Å². The number of rotatable bonds is 4. The van der Waals surface area contributed by atoms with Gasteiger partial charge in [0.15, 0.2) is 0 Å². The van der Waals surface area contributed by atoms with E-state index in [1.54, 1.807) is 0 Å². The van der Waals surface area contributed by atoms with Crippen molar-refractivity contribution in [1.82, 2.24) is 4.57 Å². The van der Waals surface area contributed by atoms with Gasteiger partial charge in [0.1, 0.15) is 0 Å². The molecule has 1 atom stereocenters. The van der Waals surface area contributed by atoms with Crippen molar-refractivity contribution >= 4 is 0 Å². The molecule has 0 radical (unpaired) electrons. The summed E-state index contributed by atoms with van der Waals surface area (Å²) in [7, 11) is 0. The van der Waals surface area contributed by atoms with Gasteiger partial charge in [-0.3, -0.25) is 0 Å². The van der Waals surface area contributed by atoms with Gasteiger partial charge in [-0.2, -0.15) is 0 Å². The van der Waals surface area contributed by atoms with Crippen molar-refractivity contribution < 1.29 is 0 Å². The Morgan fingerprint density at radius 3 is 2.45 bits per heavy atom. The maximum absolute atomic E-state index is 6.27. The van der Waals surface area contributed by atoms with Crippen LogP contribution in [-0.2, 0) is 6.54 Å². The fourth-order valence-corrected chi connectivity index (χ4v) is 3.12. The second-order valence-corrected chi connectivity index (χ2v) is 6.36. The van der Waals surface area contributed by atoms with Crippen LogP contribution >= 0.6 is 0 Å². The normalized spacial score (nSPS) is 16.4. The summed E-state index contributed by atoms with van der Waals surface area (Å²) in [4.78, 5) is 0. The van der Waals surface area contributed by atoms with Crippen LogP contribution in [0.15, 0.2) is 30.6 Å². The standard InChI is InChI=1S/C18H24N2/c1-12-8-13(2)17(14(3)9-12)11-20-7-6-16(10-20)18(19)15-4-5-15/h6-10,15,18H,4-5,11,19H2,1-3H3. The summed E-state index contributed by atoms with van der Waals surface area (Å²) in [5.74, 6) is 0.716. The van der Waals surface area contributed by atoms with Crippen LogP contribution in [0.5, 0.6) is 0 Å². The smallest absolute Gasteiger partial charge is 0.0475 e. The highest BCUT2D eigenvalue weighted by Crippen LogP contribution is 2.39. The quantitative estimate of drug-likeness (QED) is 0.896. The van der Waals surface area contributed by atoms with E-state index in [1.165, 1.54) is 40.7 Å². The molecule has 1 aliphatic carbocycles. The highest BCUT2D eigenvalue weighted by molar-refractivity contribution is 5.37. The Labute approximate surface area is 121 Å². The zero-order valence-electron chi connectivity index (χ0n) is 12.7. The average Bonchev–Trinajstić information content (AvgIpc) is 3.12. The van der Waals surface area contributed by atoms with Crippen molar-refractivity contribution in [1.29, 1.82) is 0 Å². The predicted octanol–water partition coefficient (Wildman–Crippen LogP) is 3.87. The van der Waals surface area contributed by atoms with Crippen molar-refractivity contribution in [2.75, 3.05) is 0 Å². The van der Waals surface area contributed by atoms with Gasteiger partial charge in [0, 0.05) is 25.0 Å². The van der Waals surface area contributed by atoms with E-state index >= 15 is 0 Å². The second kappa shape index (κ2) is 5.10. The molecule has 1 aromatic heterocycles. The summed E-state index contributed by atoms with van der Waals surface area (Å²) in [5.41, 5.74) is 13.1. The van der Waals surface area contributed by atoms with Crippen LogP contribution in [0.1, 0.15) is 46.7 Å². The molecule has 0 aliphatic heterocycles. The van der Waals surface area contributed by atoms with E-state index in [9.17, 15) is 0 Å². The Morgan fingerprint density at radius 2 is 1.85 bits per heavy atom. The van der Waals surface area contributed by atoms with Crippen LogP contribution in [0.2, 0.25) is 0 Å². The first-order valence-electron chi connectivity index (χ1n) is 7.52. The molecule has 0 spiro atoms. The fraction of sp³-hybridized carbons (Fsp3) is 0.444. The Kier molecular flexibility index (Phi) is 3.43. The molecule has 3 rings (SSSR count). The van der Waals surface area contributed by atoms with E-state index in [-0.39, 0.29) is 6.04 Å². The number of hydrogen-bond donors (Lipinski definition) is 1. The summed E-state index contributed by atoms with van der Waals surface area (Å²) in [5, 5.41) is 0. The lowest BCUT2D eigenvalue weighted by Crippen LogP contribution is -2.11. The van der Waals surface area contributed by atoms with Gasteiger partial charge >= 0.3 is 0 Å². The molecule has 2 N–H and O–H groups in total. The molecule has 20 heavy (non-hydrogen) atoms. The van der Waals surface area contributed by atoms with Crippen LogP contribution < -0.4 is 5.73 Å². The average molecular weight is 268 g/mol. The number of hydrogen-bond acceptors (Lipinski definition) is 1. The van der Waals surface area contributed by atoms with Crippen molar-refractivity contribution in [3.63, 3.8) is 0 Å². The Morgan fingerprint density at radius 1 is 1.20 bits per heavy atom. The van der Waals surface area contributed by atoms with Gasteiger partial charge in [0.25, 0.3) is 0 Å². The molecule has 1 aliphatic rings. The van der Waals surface area contributed by atoms with Gasteiger partial charge in [0.2, 0.25) is 0 Å². The van der Waals surface area contributed by atoms with E-state index in [1.807, 2.05) is 0 Å². The fourth-order valence-electron chi connectivity index (χ4n) is 3.12. The molecule has 0 saturated heterocycles. The lowest BCUT2D eigenvalue weighted by atomic mass is 10.00. The molecular formula is C18H24N2. The summed E-state index contributed by atoms with van der Waals surface area (Å²) in [6, 6.07) is 6.95. The molecule has 106 valence electrons. The molecule has 1 unspecified atom stereocenters.